The van der Waals surface area contributed by atoms with Gasteiger partial charge in [-0.05, 0) is 36.0 Å². The first kappa shape index (κ1) is 16.6. The van der Waals surface area contributed by atoms with Crippen LogP contribution in [0.1, 0.15) is 45.1 Å². The maximum Gasteiger partial charge on any atom is 0.220 e. The van der Waals surface area contributed by atoms with Gasteiger partial charge >= 0.3 is 0 Å². The minimum Gasteiger partial charge on any atom is -0.396 e. The fourth-order valence-electron chi connectivity index (χ4n) is 2.19. The molecule has 0 aliphatic rings. The third kappa shape index (κ3) is 5.29. The number of hydrogen-bond donors (Lipinski definition) is 2. The van der Waals surface area contributed by atoms with E-state index in [2.05, 4.69) is 5.32 Å². The van der Waals surface area contributed by atoms with Gasteiger partial charge in [0.05, 0.1) is 0 Å². The SMILES string of the molecule is CC(CC(=O)NC(CCO)C(C)C)c1cccc(F)c1. The smallest absolute Gasteiger partial charge is 0.220 e. The van der Waals surface area contributed by atoms with Crippen LogP contribution in [-0.4, -0.2) is 23.7 Å². The molecule has 0 aliphatic heterocycles. The molecule has 4 heteroatoms. The van der Waals surface area contributed by atoms with E-state index in [1.807, 2.05) is 26.8 Å². The van der Waals surface area contributed by atoms with Crippen LogP contribution in [0.25, 0.3) is 0 Å². The summed E-state index contributed by atoms with van der Waals surface area (Å²) in [5.74, 6) is -0.104. The Bertz CT molecular complexity index is 434. The van der Waals surface area contributed by atoms with Crippen molar-refractivity contribution in [3.05, 3.63) is 35.6 Å². The van der Waals surface area contributed by atoms with E-state index < -0.39 is 0 Å². The van der Waals surface area contributed by atoms with E-state index >= 15 is 0 Å². The van der Waals surface area contributed by atoms with Crippen molar-refractivity contribution < 1.29 is 14.3 Å². The fraction of sp³-hybridized carbons (Fsp3) is 0.562. The summed E-state index contributed by atoms with van der Waals surface area (Å²) in [4.78, 5) is 12.0. The lowest BCUT2D eigenvalue weighted by molar-refractivity contribution is -0.122. The topological polar surface area (TPSA) is 49.3 Å². The summed E-state index contributed by atoms with van der Waals surface area (Å²) < 4.78 is 13.2. The third-order valence-electron chi connectivity index (χ3n) is 3.50. The highest BCUT2D eigenvalue weighted by Crippen LogP contribution is 2.20. The summed E-state index contributed by atoms with van der Waals surface area (Å²) in [5, 5.41) is 11.9. The Hall–Kier alpha value is -1.42. The van der Waals surface area contributed by atoms with E-state index in [1.165, 1.54) is 12.1 Å². The number of carbonyl (C=O) groups is 1. The molecule has 3 nitrogen and oxygen atoms in total. The molecular formula is C16H24FNO2. The lowest BCUT2D eigenvalue weighted by atomic mass is 9.96. The summed E-state index contributed by atoms with van der Waals surface area (Å²) >= 11 is 0. The fourth-order valence-corrected chi connectivity index (χ4v) is 2.19. The molecule has 1 amide bonds. The molecule has 0 saturated heterocycles. The second-order valence-corrected chi connectivity index (χ2v) is 5.59. The number of benzene rings is 1. The molecule has 2 N–H and O–H groups in total. The van der Waals surface area contributed by atoms with E-state index in [9.17, 15) is 9.18 Å². The highest BCUT2D eigenvalue weighted by molar-refractivity contribution is 5.77. The quantitative estimate of drug-likeness (QED) is 0.807. The predicted octanol–water partition coefficient (Wildman–Crippen LogP) is 2.84. The van der Waals surface area contributed by atoms with Gasteiger partial charge in [-0.3, -0.25) is 4.79 Å². The Balaban J connectivity index is 2.57. The van der Waals surface area contributed by atoms with Gasteiger partial charge in [0.2, 0.25) is 5.91 Å². The van der Waals surface area contributed by atoms with Crippen LogP contribution in [-0.2, 0) is 4.79 Å². The van der Waals surface area contributed by atoms with Crippen molar-refractivity contribution in [3.63, 3.8) is 0 Å². The summed E-state index contributed by atoms with van der Waals surface area (Å²) in [7, 11) is 0. The number of carbonyl (C=O) groups excluding carboxylic acids is 1. The Morgan fingerprint density at radius 3 is 2.60 bits per heavy atom. The highest BCUT2D eigenvalue weighted by atomic mass is 19.1. The molecule has 0 bridgehead atoms. The largest absolute Gasteiger partial charge is 0.396 e. The van der Waals surface area contributed by atoms with Gasteiger partial charge in [-0.1, -0.05) is 32.9 Å². The lowest BCUT2D eigenvalue weighted by Crippen LogP contribution is -2.39. The number of aliphatic hydroxyl groups is 1. The molecule has 0 heterocycles. The molecule has 2 atom stereocenters. The van der Waals surface area contributed by atoms with Crippen molar-refractivity contribution in [1.82, 2.24) is 5.32 Å². The van der Waals surface area contributed by atoms with Crippen molar-refractivity contribution in [2.45, 2.75) is 45.6 Å². The molecule has 0 aliphatic carbocycles. The van der Waals surface area contributed by atoms with Crippen molar-refractivity contribution in [2.75, 3.05) is 6.61 Å². The molecule has 0 aromatic heterocycles. The van der Waals surface area contributed by atoms with Crippen LogP contribution >= 0.6 is 0 Å². The molecule has 0 spiro atoms. The van der Waals surface area contributed by atoms with Crippen LogP contribution in [0.4, 0.5) is 4.39 Å². The molecule has 2 unspecified atom stereocenters. The van der Waals surface area contributed by atoms with Crippen molar-refractivity contribution >= 4 is 5.91 Å². The van der Waals surface area contributed by atoms with Crippen molar-refractivity contribution in [3.8, 4) is 0 Å². The summed E-state index contributed by atoms with van der Waals surface area (Å²) in [6.07, 6.45) is 0.871. The van der Waals surface area contributed by atoms with Gasteiger partial charge in [0.1, 0.15) is 5.82 Å². The number of halogens is 1. The summed E-state index contributed by atoms with van der Waals surface area (Å²) in [6, 6.07) is 6.32. The van der Waals surface area contributed by atoms with Gasteiger partial charge in [-0.15, -0.1) is 0 Å². The van der Waals surface area contributed by atoms with E-state index in [0.717, 1.165) is 5.56 Å². The molecule has 20 heavy (non-hydrogen) atoms. The molecule has 0 fully saturated rings. The first-order valence-electron chi connectivity index (χ1n) is 7.09. The molecule has 1 aromatic carbocycles. The second kappa shape index (κ2) is 8.00. The van der Waals surface area contributed by atoms with Crippen LogP contribution in [0.3, 0.4) is 0 Å². The maximum absolute atomic E-state index is 13.2. The van der Waals surface area contributed by atoms with Crippen LogP contribution < -0.4 is 5.32 Å². The average molecular weight is 281 g/mol. The molecule has 0 saturated carbocycles. The predicted molar refractivity (Wildman–Crippen MR) is 77.9 cm³/mol. The zero-order valence-corrected chi connectivity index (χ0v) is 12.4. The highest BCUT2D eigenvalue weighted by Gasteiger charge is 2.18. The van der Waals surface area contributed by atoms with E-state index in [1.54, 1.807) is 6.07 Å². The minimum atomic E-state index is -0.282. The second-order valence-electron chi connectivity index (χ2n) is 5.59. The lowest BCUT2D eigenvalue weighted by Gasteiger charge is -2.22. The Morgan fingerprint density at radius 1 is 1.35 bits per heavy atom. The molecule has 1 rings (SSSR count). The van der Waals surface area contributed by atoms with Crippen molar-refractivity contribution in [1.29, 1.82) is 0 Å². The number of aliphatic hydroxyl groups excluding tert-OH is 1. The molecule has 112 valence electrons. The number of nitrogens with one attached hydrogen (secondary N) is 1. The van der Waals surface area contributed by atoms with E-state index in [-0.39, 0.29) is 36.2 Å². The van der Waals surface area contributed by atoms with Gasteiger partial charge in [-0.2, -0.15) is 0 Å². The van der Waals surface area contributed by atoms with Crippen LogP contribution in [0, 0.1) is 11.7 Å². The van der Waals surface area contributed by atoms with Gasteiger partial charge in [0.25, 0.3) is 0 Å². The van der Waals surface area contributed by atoms with E-state index in [0.29, 0.717) is 12.8 Å². The zero-order chi connectivity index (χ0) is 15.1. The first-order chi connectivity index (χ1) is 9.43. The van der Waals surface area contributed by atoms with Crippen LogP contribution in [0.15, 0.2) is 24.3 Å². The monoisotopic (exact) mass is 281 g/mol. The molecule has 0 radical (unpaired) electrons. The van der Waals surface area contributed by atoms with Gasteiger partial charge in [-0.25, -0.2) is 4.39 Å². The zero-order valence-electron chi connectivity index (χ0n) is 12.4. The standard InChI is InChI=1S/C16H24FNO2/c1-11(2)15(7-8-19)18-16(20)9-12(3)13-5-4-6-14(17)10-13/h4-6,10-12,15,19H,7-9H2,1-3H3,(H,18,20). The van der Waals surface area contributed by atoms with Gasteiger partial charge < -0.3 is 10.4 Å². The van der Waals surface area contributed by atoms with Crippen LogP contribution in [0.2, 0.25) is 0 Å². The summed E-state index contributed by atoms with van der Waals surface area (Å²) in [6.45, 7) is 5.99. The maximum atomic E-state index is 13.2. The third-order valence-corrected chi connectivity index (χ3v) is 3.50. The number of rotatable bonds is 7. The molecular weight excluding hydrogens is 257 g/mol. The van der Waals surface area contributed by atoms with Crippen molar-refractivity contribution in [2.24, 2.45) is 5.92 Å². The number of hydrogen-bond acceptors (Lipinski definition) is 2. The number of amides is 1. The molecule has 1 aromatic rings. The van der Waals surface area contributed by atoms with Gasteiger partial charge in [0.15, 0.2) is 0 Å². The Labute approximate surface area is 120 Å². The Morgan fingerprint density at radius 2 is 2.05 bits per heavy atom. The average Bonchev–Trinajstić information content (AvgIpc) is 2.38. The minimum absolute atomic E-state index is 0.0211. The Kier molecular flexibility index (Phi) is 6.65. The van der Waals surface area contributed by atoms with E-state index in [4.69, 9.17) is 5.11 Å². The van der Waals surface area contributed by atoms with Crippen LogP contribution in [0.5, 0.6) is 0 Å². The normalized spacial score (nSPS) is 14.1. The van der Waals surface area contributed by atoms with Gasteiger partial charge in [0, 0.05) is 19.1 Å². The summed E-state index contributed by atoms with van der Waals surface area (Å²) in [5.41, 5.74) is 0.823. The first-order valence-corrected chi connectivity index (χ1v) is 7.09.